The lowest BCUT2D eigenvalue weighted by molar-refractivity contribution is 0.0156. The van der Waals surface area contributed by atoms with Crippen LogP contribution in [-0.4, -0.2) is 16.7 Å². The highest BCUT2D eigenvalue weighted by molar-refractivity contribution is 5.27. The van der Waals surface area contributed by atoms with Gasteiger partial charge in [-0.1, -0.05) is 26.2 Å². The van der Waals surface area contributed by atoms with Gasteiger partial charge in [-0.3, -0.25) is 4.98 Å². The Balaban J connectivity index is 2.05. The van der Waals surface area contributed by atoms with Gasteiger partial charge in [-0.2, -0.15) is 0 Å². The number of hydrogen-bond donors (Lipinski definition) is 1. The van der Waals surface area contributed by atoms with E-state index in [1.165, 1.54) is 19.3 Å². The molecule has 3 heteroatoms. The Hall–Kier alpha value is -1.09. The van der Waals surface area contributed by atoms with Gasteiger partial charge in [0, 0.05) is 11.8 Å². The van der Waals surface area contributed by atoms with Gasteiger partial charge in [0.05, 0.1) is 18.4 Å². The second-order valence-electron chi connectivity index (χ2n) is 5.53. The van der Waals surface area contributed by atoms with E-state index >= 15 is 0 Å². The van der Waals surface area contributed by atoms with Gasteiger partial charge in [-0.15, -0.1) is 0 Å². The minimum absolute atomic E-state index is 0.667. The van der Waals surface area contributed by atoms with Gasteiger partial charge in [0.25, 0.3) is 0 Å². The zero-order chi connectivity index (χ0) is 13.0. The average molecular weight is 249 g/mol. The molecule has 3 nitrogen and oxygen atoms in total. The number of aromatic nitrogens is 1. The Labute approximate surface area is 109 Å². The lowest BCUT2D eigenvalue weighted by atomic mass is 9.76. The van der Waals surface area contributed by atoms with Crippen LogP contribution in [0.1, 0.15) is 51.5 Å². The molecule has 0 radical (unpaired) electrons. The molecule has 1 aliphatic rings. The Morgan fingerprint density at radius 2 is 2.22 bits per heavy atom. The summed E-state index contributed by atoms with van der Waals surface area (Å²) in [5.74, 6) is 1.42. The molecule has 0 bridgehead atoms. The van der Waals surface area contributed by atoms with E-state index in [-0.39, 0.29) is 0 Å². The standard InChI is InChI=1S/C15H23NO2/c1-3-7-18-14-8-13(10-16-11-14)15(2,17)9-12-5-4-6-12/h8,10-12,17H,3-7,9H2,1-2H3. The first-order chi connectivity index (χ1) is 8.62. The third kappa shape index (κ3) is 3.22. The zero-order valence-electron chi connectivity index (χ0n) is 11.4. The first-order valence-electron chi connectivity index (χ1n) is 6.92. The Bertz CT molecular complexity index is 386. The molecule has 0 spiro atoms. The molecule has 1 N–H and O–H groups in total. The van der Waals surface area contributed by atoms with E-state index in [0.29, 0.717) is 12.5 Å². The average Bonchev–Trinajstić information content (AvgIpc) is 2.32. The van der Waals surface area contributed by atoms with Gasteiger partial charge >= 0.3 is 0 Å². The van der Waals surface area contributed by atoms with Crippen LogP contribution in [0.25, 0.3) is 0 Å². The highest BCUT2D eigenvalue weighted by atomic mass is 16.5. The quantitative estimate of drug-likeness (QED) is 0.841. The van der Waals surface area contributed by atoms with Gasteiger partial charge in [0.1, 0.15) is 5.75 Å². The van der Waals surface area contributed by atoms with Crippen molar-refractivity contribution in [3.05, 3.63) is 24.0 Å². The number of ether oxygens (including phenoxy) is 1. The molecular formula is C15H23NO2. The Morgan fingerprint density at radius 3 is 2.83 bits per heavy atom. The second kappa shape index (κ2) is 5.70. The normalized spacial score (nSPS) is 19.1. The summed E-state index contributed by atoms with van der Waals surface area (Å²) in [6, 6.07) is 1.92. The fraction of sp³-hybridized carbons (Fsp3) is 0.667. The summed E-state index contributed by atoms with van der Waals surface area (Å²) in [7, 11) is 0. The topological polar surface area (TPSA) is 42.4 Å². The number of rotatable bonds is 6. The number of aliphatic hydroxyl groups is 1. The van der Waals surface area contributed by atoms with Crippen LogP contribution in [-0.2, 0) is 5.60 Å². The van der Waals surface area contributed by atoms with Crippen molar-refractivity contribution in [2.75, 3.05) is 6.61 Å². The van der Waals surface area contributed by atoms with Gasteiger partial charge in [0.2, 0.25) is 0 Å². The number of hydrogen-bond acceptors (Lipinski definition) is 3. The van der Waals surface area contributed by atoms with Crippen LogP contribution < -0.4 is 4.74 Å². The second-order valence-corrected chi connectivity index (χ2v) is 5.53. The summed E-state index contributed by atoms with van der Waals surface area (Å²) >= 11 is 0. The molecule has 2 rings (SSSR count). The molecule has 1 aromatic rings. The summed E-state index contributed by atoms with van der Waals surface area (Å²) < 4.78 is 5.56. The molecule has 0 amide bonds. The van der Waals surface area contributed by atoms with Crippen molar-refractivity contribution < 1.29 is 9.84 Å². The fourth-order valence-corrected chi connectivity index (χ4v) is 2.39. The summed E-state index contributed by atoms with van der Waals surface area (Å²) in [5, 5.41) is 10.6. The first kappa shape index (κ1) is 13.3. The number of nitrogens with zero attached hydrogens (tertiary/aromatic N) is 1. The lowest BCUT2D eigenvalue weighted by Crippen LogP contribution is -2.28. The van der Waals surface area contributed by atoms with E-state index in [2.05, 4.69) is 11.9 Å². The van der Waals surface area contributed by atoms with E-state index in [1.54, 1.807) is 12.4 Å². The van der Waals surface area contributed by atoms with E-state index in [9.17, 15) is 5.11 Å². The van der Waals surface area contributed by atoms with Crippen LogP contribution in [0, 0.1) is 5.92 Å². The van der Waals surface area contributed by atoms with Gasteiger partial charge in [-0.05, 0) is 31.7 Å². The Morgan fingerprint density at radius 1 is 1.44 bits per heavy atom. The summed E-state index contributed by atoms with van der Waals surface area (Å²) in [5.41, 5.74) is 0.0759. The van der Waals surface area contributed by atoms with Crippen LogP contribution in [0.15, 0.2) is 18.5 Å². The molecule has 0 aromatic carbocycles. The molecule has 1 aromatic heterocycles. The Kier molecular flexibility index (Phi) is 4.23. The smallest absolute Gasteiger partial charge is 0.137 e. The van der Waals surface area contributed by atoms with E-state index in [1.807, 2.05) is 13.0 Å². The number of pyridine rings is 1. The molecule has 18 heavy (non-hydrogen) atoms. The third-order valence-corrected chi connectivity index (χ3v) is 3.72. The van der Waals surface area contributed by atoms with E-state index in [4.69, 9.17) is 4.74 Å². The molecule has 0 aliphatic heterocycles. The monoisotopic (exact) mass is 249 g/mol. The van der Waals surface area contributed by atoms with Crippen LogP contribution in [0.4, 0.5) is 0 Å². The molecule has 1 aliphatic carbocycles. The van der Waals surface area contributed by atoms with Gasteiger partial charge < -0.3 is 9.84 Å². The van der Waals surface area contributed by atoms with Crippen LogP contribution in [0.5, 0.6) is 5.75 Å². The van der Waals surface area contributed by atoms with Crippen LogP contribution in [0.2, 0.25) is 0 Å². The van der Waals surface area contributed by atoms with Crippen molar-refractivity contribution in [1.29, 1.82) is 0 Å². The predicted molar refractivity (Wildman–Crippen MR) is 71.6 cm³/mol. The van der Waals surface area contributed by atoms with Crippen molar-refractivity contribution in [1.82, 2.24) is 4.98 Å². The minimum atomic E-state index is -0.788. The van der Waals surface area contributed by atoms with E-state index < -0.39 is 5.60 Å². The SMILES string of the molecule is CCCOc1cncc(C(C)(O)CC2CCC2)c1. The van der Waals surface area contributed by atoms with Crippen molar-refractivity contribution in [3.8, 4) is 5.75 Å². The fourth-order valence-electron chi connectivity index (χ4n) is 2.39. The summed E-state index contributed by atoms with van der Waals surface area (Å²) in [6.45, 7) is 4.64. The highest BCUT2D eigenvalue weighted by Gasteiger charge is 2.30. The highest BCUT2D eigenvalue weighted by Crippen LogP contribution is 2.38. The summed E-state index contributed by atoms with van der Waals surface area (Å²) in [4.78, 5) is 4.17. The minimum Gasteiger partial charge on any atom is -0.492 e. The molecule has 1 atom stereocenters. The van der Waals surface area contributed by atoms with Crippen molar-refractivity contribution in [2.45, 2.75) is 51.6 Å². The maximum Gasteiger partial charge on any atom is 0.137 e. The zero-order valence-corrected chi connectivity index (χ0v) is 11.4. The van der Waals surface area contributed by atoms with E-state index in [0.717, 1.165) is 24.2 Å². The van der Waals surface area contributed by atoms with Crippen molar-refractivity contribution in [3.63, 3.8) is 0 Å². The van der Waals surface area contributed by atoms with Crippen molar-refractivity contribution in [2.24, 2.45) is 5.92 Å². The summed E-state index contributed by atoms with van der Waals surface area (Å²) in [6.07, 6.45) is 9.05. The van der Waals surface area contributed by atoms with Gasteiger partial charge in [-0.25, -0.2) is 0 Å². The third-order valence-electron chi connectivity index (χ3n) is 3.72. The molecule has 1 heterocycles. The maximum absolute atomic E-state index is 10.6. The molecular weight excluding hydrogens is 226 g/mol. The van der Waals surface area contributed by atoms with Gasteiger partial charge in [0.15, 0.2) is 0 Å². The van der Waals surface area contributed by atoms with Crippen molar-refractivity contribution >= 4 is 0 Å². The van der Waals surface area contributed by atoms with Crippen LogP contribution >= 0.6 is 0 Å². The molecule has 1 unspecified atom stereocenters. The first-order valence-corrected chi connectivity index (χ1v) is 6.92. The predicted octanol–water partition coefficient (Wildman–Crippen LogP) is 3.27. The molecule has 1 fully saturated rings. The maximum atomic E-state index is 10.6. The lowest BCUT2D eigenvalue weighted by Gasteiger charge is -2.33. The molecule has 0 saturated heterocycles. The van der Waals surface area contributed by atoms with Crippen LogP contribution in [0.3, 0.4) is 0 Å². The largest absolute Gasteiger partial charge is 0.492 e. The molecule has 1 saturated carbocycles. The molecule has 100 valence electrons.